The third-order valence-electron chi connectivity index (χ3n) is 3.90. The van der Waals surface area contributed by atoms with E-state index < -0.39 is 11.7 Å². The molecule has 3 nitrogen and oxygen atoms in total. The minimum atomic E-state index is -4.38. The highest BCUT2D eigenvalue weighted by molar-refractivity contribution is 5.61. The van der Waals surface area contributed by atoms with Crippen molar-refractivity contribution in [2.45, 2.75) is 19.1 Å². The van der Waals surface area contributed by atoms with Gasteiger partial charge in [-0.05, 0) is 38.2 Å². The molecule has 0 radical (unpaired) electrons. The molecule has 0 aromatic heterocycles. The predicted molar refractivity (Wildman–Crippen MR) is 74.7 cm³/mol. The number of likely N-dealkylation sites (N-methyl/N-ethyl adjacent to an activating group) is 1. The first kappa shape index (κ1) is 15.0. The van der Waals surface area contributed by atoms with Gasteiger partial charge < -0.3 is 15.5 Å². The first-order chi connectivity index (χ1) is 9.20. The summed E-state index contributed by atoms with van der Waals surface area (Å²) in [4.78, 5) is 3.87. The first-order valence-electron chi connectivity index (χ1n) is 6.58. The molecule has 0 amide bonds. The molecule has 1 aromatic carbocycles. The molecule has 0 bridgehead atoms. The van der Waals surface area contributed by atoms with Crippen molar-refractivity contribution in [1.82, 2.24) is 4.90 Å². The zero-order valence-corrected chi connectivity index (χ0v) is 11.9. The van der Waals surface area contributed by atoms with Crippen LogP contribution < -0.4 is 10.6 Å². The van der Waals surface area contributed by atoms with E-state index in [4.69, 9.17) is 5.73 Å². The van der Waals surface area contributed by atoms with Crippen molar-refractivity contribution in [3.63, 3.8) is 0 Å². The van der Waals surface area contributed by atoms with Gasteiger partial charge in [-0.1, -0.05) is 6.92 Å². The summed E-state index contributed by atoms with van der Waals surface area (Å²) < 4.78 is 39.4. The van der Waals surface area contributed by atoms with Gasteiger partial charge in [0.05, 0.1) is 5.56 Å². The Morgan fingerprint density at radius 1 is 1.25 bits per heavy atom. The lowest BCUT2D eigenvalue weighted by molar-refractivity contribution is -0.137. The van der Waals surface area contributed by atoms with Crippen molar-refractivity contribution in [2.24, 2.45) is 5.92 Å². The van der Waals surface area contributed by atoms with Crippen LogP contribution in [0.2, 0.25) is 0 Å². The van der Waals surface area contributed by atoms with Crippen LogP contribution in [0.25, 0.3) is 0 Å². The Hall–Kier alpha value is -1.43. The summed E-state index contributed by atoms with van der Waals surface area (Å²) in [5.41, 5.74) is 5.21. The highest BCUT2D eigenvalue weighted by Crippen LogP contribution is 2.39. The Labute approximate surface area is 117 Å². The van der Waals surface area contributed by atoms with Crippen LogP contribution in [0.4, 0.5) is 24.5 Å². The van der Waals surface area contributed by atoms with Gasteiger partial charge in [0, 0.05) is 30.5 Å². The molecule has 1 saturated heterocycles. The first-order valence-corrected chi connectivity index (χ1v) is 6.58. The zero-order chi connectivity index (χ0) is 15.1. The van der Waals surface area contributed by atoms with Crippen LogP contribution in [-0.4, -0.2) is 38.1 Å². The Morgan fingerprint density at radius 3 is 2.40 bits per heavy atom. The van der Waals surface area contributed by atoms with Crippen molar-refractivity contribution < 1.29 is 13.2 Å². The van der Waals surface area contributed by atoms with Crippen LogP contribution in [0.15, 0.2) is 18.2 Å². The van der Waals surface area contributed by atoms with Crippen molar-refractivity contribution >= 4 is 11.4 Å². The standard InChI is InChI=1S/C14H20F3N3/c1-9-7-20(8-13(9)19(2)3)12-5-4-10(18)6-11(12)14(15,16)17/h4-6,9,13H,7-8,18H2,1-3H3. The van der Waals surface area contributed by atoms with E-state index in [1.54, 1.807) is 4.90 Å². The SMILES string of the molecule is CC1CN(c2ccc(N)cc2C(F)(F)F)CC1N(C)C. The summed E-state index contributed by atoms with van der Waals surface area (Å²) in [5.74, 6) is 0.323. The smallest absolute Gasteiger partial charge is 0.399 e. The second-order valence-electron chi connectivity index (χ2n) is 5.69. The number of halogens is 3. The van der Waals surface area contributed by atoms with Gasteiger partial charge in [0.15, 0.2) is 0 Å². The van der Waals surface area contributed by atoms with Crippen molar-refractivity contribution in [1.29, 1.82) is 0 Å². The molecular formula is C14H20F3N3. The van der Waals surface area contributed by atoms with E-state index in [-0.39, 0.29) is 17.4 Å². The molecule has 1 fully saturated rings. The molecule has 0 saturated carbocycles. The molecule has 20 heavy (non-hydrogen) atoms. The fraction of sp³-hybridized carbons (Fsp3) is 0.571. The summed E-state index contributed by atoms with van der Waals surface area (Å²) in [7, 11) is 3.91. The van der Waals surface area contributed by atoms with Crippen molar-refractivity contribution in [3.8, 4) is 0 Å². The summed E-state index contributed by atoms with van der Waals surface area (Å²) in [6.45, 7) is 3.28. The van der Waals surface area contributed by atoms with E-state index in [9.17, 15) is 13.2 Å². The Bertz CT molecular complexity index is 485. The van der Waals surface area contributed by atoms with Crippen LogP contribution in [0.3, 0.4) is 0 Å². The van der Waals surface area contributed by atoms with Crippen molar-refractivity contribution in [2.75, 3.05) is 37.8 Å². The molecule has 1 heterocycles. The molecule has 1 aromatic rings. The normalized spacial score (nSPS) is 23.6. The minimum absolute atomic E-state index is 0.137. The Balaban J connectivity index is 2.35. The van der Waals surface area contributed by atoms with E-state index in [1.807, 2.05) is 14.1 Å². The van der Waals surface area contributed by atoms with Crippen LogP contribution >= 0.6 is 0 Å². The van der Waals surface area contributed by atoms with Gasteiger partial charge in [-0.15, -0.1) is 0 Å². The molecule has 0 aliphatic carbocycles. The van der Waals surface area contributed by atoms with E-state index in [2.05, 4.69) is 11.8 Å². The molecule has 2 rings (SSSR count). The molecule has 2 atom stereocenters. The van der Waals surface area contributed by atoms with Gasteiger partial charge >= 0.3 is 6.18 Å². The number of nitrogens with zero attached hydrogens (tertiary/aromatic N) is 2. The van der Waals surface area contributed by atoms with E-state index >= 15 is 0 Å². The lowest BCUT2D eigenvalue weighted by atomic mass is 10.1. The molecule has 1 aliphatic rings. The monoisotopic (exact) mass is 287 g/mol. The number of rotatable bonds is 2. The average Bonchev–Trinajstić information content (AvgIpc) is 2.70. The topological polar surface area (TPSA) is 32.5 Å². The predicted octanol–water partition coefficient (Wildman–Crippen LogP) is 2.67. The number of nitrogen functional groups attached to an aromatic ring is 1. The number of nitrogens with two attached hydrogens (primary N) is 1. The zero-order valence-electron chi connectivity index (χ0n) is 11.9. The average molecular weight is 287 g/mol. The van der Waals surface area contributed by atoms with Crippen LogP contribution in [-0.2, 0) is 6.18 Å². The van der Waals surface area contributed by atoms with E-state index in [0.29, 0.717) is 19.0 Å². The fourth-order valence-electron chi connectivity index (χ4n) is 2.88. The molecule has 2 N–H and O–H groups in total. The highest BCUT2D eigenvalue weighted by Gasteiger charge is 2.38. The maximum atomic E-state index is 13.1. The van der Waals surface area contributed by atoms with Gasteiger partial charge in [-0.25, -0.2) is 0 Å². The van der Waals surface area contributed by atoms with Gasteiger partial charge in [-0.2, -0.15) is 13.2 Å². The van der Waals surface area contributed by atoms with Gasteiger partial charge in [0.1, 0.15) is 0 Å². The van der Waals surface area contributed by atoms with E-state index in [0.717, 1.165) is 6.07 Å². The summed E-state index contributed by atoms with van der Waals surface area (Å²) >= 11 is 0. The molecule has 0 spiro atoms. The van der Waals surface area contributed by atoms with Gasteiger partial charge in [0.25, 0.3) is 0 Å². The molecule has 6 heteroatoms. The maximum absolute atomic E-state index is 13.1. The summed E-state index contributed by atoms with van der Waals surface area (Å²) in [5, 5.41) is 0. The summed E-state index contributed by atoms with van der Waals surface area (Å²) in [6, 6.07) is 4.28. The van der Waals surface area contributed by atoms with Crippen LogP contribution in [0.5, 0.6) is 0 Å². The third-order valence-corrected chi connectivity index (χ3v) is 3.90. The Morgan fingerprint density at radius 2 is 1.90 bits per heavy atom. The van der Waals surface area contributed by atoms with Crippen molar-refractivity contribution in [3.05, 3.63) is 23.8 Å². The number of anilines is 2. The maximum Gasteiger partial charge on any atom is 0.418 e. The number of alkyl halides is 3. The fourth-order valence-corrected chi connectivity index (χ4v) is 2.88. The molecule has 2 unspecified atom stereocenters. The second kappa shape index (κ2) is 5.16. The van der Waals surface area contributed by atoms with Gasteiger partial charge in [-0.3, -0.25) is 0 Å². The number of benzene rings is 1. The highest BCUT2D eigenvalue weighted by atomic mass is 19.4. The largest absolute Gasteiger partial charge is 0.418 e. The lowest BCUT2D eigenvalue weighted by Gasteiger charge is -2.25. The second-order valence-corrected chi connectivity index (χ2v) is 5.69. The lowest BCUT2D eigenvalue weighted by Crippen LogP contribution is -2.34. The Kier molecular flexibility index (Phi) is 3.86. The van der Waals surface area contributed by atoms with E-state index in [1.165, 1.54) is 12.1 Å². The van der Waals surface area contributed by atoms with Gasteiger partial charge in [0.2, 0.25) is 0 Å². The molecular weight excluding hydrogens is 267 g/mol. The number of hydrogen-bond donors (Lipinski definition) is 1. The molecule has 1 aliphatic heterocycles. The number of hydrogen-bond acceptors (Lipinski definition) is 3. The molecule has 112 valence electrons. The third kappa shape index (κ3) is 2.85. The quantitative estimate of drug-likeness (QED) is 0.849. The minimum Gasteiger partial charge on any atom is -0.399 e. The van der Waals surface area contributed by atoms with Crippen LogP contribution in [0, 0.1) is 5.92 Å². The van der Waals surface area contributed by atoms with Crippen LogP contribution in [0.1, 0.15) is 12.5 Å². The summed E-state index contributed by atoms with van der Waals surface area (Å²) in [6.07, 6.45) is -4.38.